The van der Waals surface area contributed by atoms with Gasteiger partial charge in [0.15, 0.2) is 0 Å². The third-order valence-corrected chi connectivity index (χ3v) is 8.13. The molecule has 174 valence electrons. The average molecular weight is 477 g/mol. The van der Waals surface area contributed by atoms with Gasteiger partial charge in [0.1, 0.15) is 28.9 Å². The predicted molar refractivity (Wildman–Crippen MR) is 112 cm³/mol. The van der Waals surface area contributed by atoms with E-state index in [1.54, 1.807) is 34.8 Å². The largest absolute Gasteiger partial charge is 0.361 e. The highest BCUT2D eigenvalue weighted by atomic mass is 32.2. The van der Waals surface area contributed by atoms with Gasteiger partial charge in [-0.15, -0.1) is 0 Å². The summed E-state index contributed by atoms with van der Waals surface area (Å²) in [5.41, 5.74) is -0.0569. The van der Waals surface area contributed by atoms with Crippen LogP contribution in [0.15, 0.2) is 45.9 Å². The summed E-state index contributed by atoms with van der Waals surface area (Å²) in [4.78, 5) is 14.3. The van der Waals surface area contributed by atoms with Crippen LogP contribution in [0, 0.1) is 18.6 Å². The standard InChI is InChI=1S/C21H21F2N5O4S/c1-14-8-17(25-32-14)13-27-19-2-5-24-28(19)21(12-20(27)29)3-6-26(7-4-21)33(30,31)18-10-15(22)9-16(23)11-18/h2,5,8-11H,3-4,6-7,12-13H2,1H3. The fourth-order valence-electron chi connectivity index (χ4n) is 4.63. The van der Waals surface area contributed by atoms with E-state index in [9.17, 15) is 22.0 Å². The first-order chi connectivity index (χ1) is 15.7. The van der Waals surface area contributed by atoms with Crippen molar-refractivity contribution in [2.45, 2.75) is 43.2 Å². The lowest BCUT2D eigenvalue weighted by Gasteiger charge is -2.46. The smallest absolute Gasteiger partial charge is 0.243 e. The van der Waals surface area contributed by atoms with Crippen molar-refractivity contribution in [3.05, 3.63) is 59.6 Å². The van der Waals surface area contributed by atoms with Gasteiger partial charge in [-0.25, -0.2) is 21.9 Å². The lowest BCUT2D eigenvalue weighted by atomic mass is 9.83. The van der Waals surface area contributed by atoms with E-state index >= 15 is 0 Å². The number of hydrogen-bond donors (Lipinski definition) is 0. The van der Waals surface area contributed by atoms with Gasteiger partial charge in [-0.3, -0.25) is 9.69 Å². The first kappa shape index (κ1) is 21.7. The predicted octanol–water partition coefficient (Wildman–Crippen LogP) is 2.57. The Labute approximate surface area is 188 Å². The molecule has 2 aliphatic rings. The van der Waals surface area contributed by atoms with E-state index in [-0.39, 0.29) is 32.0 Å². The number of halogens is 2. The summed E-state index contributed by atoms with van der Waals surface area (Å²) in [5, 5.41) is 8.40. The Hall–Kier alpha value is -3.12. The second-order valence-electron chi connectivity index (χ2n) is 8.42. The molecular formula is C21H21F2N5O4S. The molecule has 0 N–H and O–H groups in total. The third kappa shape index (κ3) is 3.72. The van der Waals surface area contributed by atoms with E-state index in [4.69, 9.17) is 4.52 Å². The van der Waals surface area contributed by atoms with E-state index in [1.165, 1.54) is 4.31 Å². The van der Waals surface area contributed by atoms with Gasteiger partial charge < -0.3 is 4.52 Å². The second-order valence-corrected chi connectivity index (χ2v) is 10.4. The van der Waals surface area contributed by atoms with E-state index in [0.29, 0.717) is 36.2 Å². The molecule has 0 unspecified atom stereocenters. The van der Waals surface area contributed by atoms with Crippen LogP contribution in [-0.4, -0.2) is 46.7 Å². The zero-order valence-electron chi connectivity index (χ0n) is 17.7. The van der Waals surface area contributed by atoms with Crippen LogP contribution in [0.3, 0.4) is 0 Å². The number of benzene rings is 1. The molecule has 1 saturated heterocycles. The summed E-state index contributed by atoms with van der Waals surface area (Å²) in [7, 11) is -4.08. The number of rotatable bonds is 4. The van der Waals surface area contributed by atoms with Crippen LogP contribution < -0.4 is 4.90 Å². The topological polar surface area (TPSA) is 102 Å². The number of carbonyl (C=O) groups excluding carboxylic acids is 1. The highest BCUT2D eigenvalue weighted by Gasteiger charge is 2.47. The molecule has 1 spiro atoms. The maximum atomic E-state index is 13.6. The van der Waals surface area contributed by atoms with Crippen molar-refractivity contribution in [3.63, 3.8) is 0 Å². The van der Waals surface area contributed by atoms with Crippen molar-refractivity contribution in [1.29, 1.82) is 0 Å². The number of aromatic nitrogens is 3. The fraction of sp³-hybridized carbons (Fsp3) is 0.381. The van der Waals surface area contributed by atoms with Gasteiger partial charge in [0.05, 0.1) is 29.6 Å². The van der Waals surface area contributed by atoms with Crippen LogP contribution in [-0.2, 0) is 26.9 Å². The number of nitrogens with zero attached hydrogens (tertiary/aromatic N) is 5. The first-order valence-electron chi connectivity index (χ1n) is 10.4. The minimum Gasteiger partial charge on any atom is -0.361 e. The fourth-order valence-corrected chi connectivity index (χ4v) is 6.11. The van der Waals surface area contributed by atoms with Crippen LogP contribution in [0.25, 0.3) is 0 Å². The van der Waals surface area contributed by atoms with Crippen LogP contribution >= 0.6 is 0 Å². The van der Waals surface area contributed by atoms with Crippen LogP contribution in [0.4, 0.5) is 14.6 Å². The van der Waals surface area contributed by atoms with E-state index < -0.39 is 32.1 Å². The molecule has 12 heteroatoms. The number of amides is 1. The molecule has 0 saturated carbocycles. The van der Waals surface area contributed by atoms with Crippen molar-refractivity contribution >= 4 is 21.7 Å². The monoisotopic (exact) mass is 477 g/mol. The van der Waals surface area contributed by atoms with Gasteiger partial charge in [0.25, 0.3) is 0 Å². The summed E-state index contributed by atoms with van der Waals surface area (Å²) in [5.74, 6) is -0.777. The van der Waals surface area contributed by atoms with Gasteiger partial charge in [-0.05, 0) is 31.9 Å². The highest BCUT2D eigenvalue weighted by Crippen LogP contribution is 2.42. The molecule has 1 aromatic carbocycles. The molecule has 0 atom stereocenters. The molecule has 0 bridgehead atoms. The summed E-state index contributed by atoms with van der Waals surface area (Å²) in [6.07, 6.45) is 2.43. The Morgan fingerprint density at radius 3 is 2.45 bits per heavy atom. The Bertz CT molecular complexity index is 1310. The number of carbonyl (C=O) groups is 1. The molecule has 33 heavy (non-hydrogen) atoms. The third-order valence-electron chi connectivity index (χ3n) is 6.25. The number of fused-ring (bicyclic) bond motifs is 2. The van der Waals surface area contributed by atoms with Crippen molar-refractivity contribution in [3.8, 4) is 0 Å². The molecule has 2 aliphatic heterocycles. The number of aryl methyl sites for hydroxylation is 1. The van der Waals surface area contributed by atoms with Crippen molar-refractivity contribution in [1.82, 2.24) is 19.2 Å². The Balaban J connectivity index is 1.39. The van der Waals surface area contributed by atoms with Gasteiger partial charge in [-0.2, -0.15) is 9.40 Å². The maximum absolute atomic E-state index is 13.6. The van der Waals surface area contributed by atoms with Crippen LogP contribution in [0.2, 0.25) is 0 Å². The summed E-state index contributed by atoms with van der Waals surface area (Å²) in [6.45, 7) is 2.20. The minimum atomic E-state index is -4.08. The lowest BCUT2D eigenvalue weighted by Crippen LogP contribution is -2.54. The van der Waals surface area contributed by atoms with E-state index in [2.05, 4.69) is 10.3 Å². The SMILES string of the molecule is Cc1cc(CN2C(=O)CC3(CCN(S(=O)(=O)c4cc(F)cc(F)c4)CC3)n3nccc32)no1. The minimum absolute atomic E-state index is 0.0928. The quantitative estimate of drug-likeness (QED) is 0.573. The summed E-state index contributed by atoms with van der Waals surface area (Å²) < 4.78 is 61.2. The van der Waals surface area contributed by atoms with Gasteiger partial charge in [-0.1, -0.05) is 5.16 Å². The summed E-state index contributed by atoms with van der Waals surface area (Å²) >= 11 is 0. The van der Waals surface area contributed by atoms with Crippen molar-refractivity contribution in [2.75, 3.05) is 18.0 Å². The molecule has 1 fully saturated rings. The molecule has 9 nitrogen and oxygen atoms in total. The maximum Gasteiger partial charge on any atom is 0.243 e. The Kier molecular flexibility index (Phi) is 5.09. The van der Waals surface area contributed by atoms with Crippen LogP contribution in [0.5, 0.6) is 0 Å². The van der Waals surface area contributed by atoms with Crippen LogP contribution in [0.1, 0.15) is 30.7 Å². The molecular weight excluding hydrogens is 456 g/mol. The van der Waals surface area contributed by atoms with Gasteiger partial charge in [0, 0.05) is 31.3 Å². The van der Waals surface area contributed by atoms with Gasteiger partial charge in [0.2, 0.25) is 15.9 Å². The second kappa shape index (κ2) is 7.73. The molecule has 2 aromatic heterocycles. The molecule has 0 aliphatic carbocycles. The average Bonchev–Trinajstić information content (AvgIpc) is 3.40. The number of anilines is 1. The highest BCUT2D eigenvalue weighted by molar-refractivity contribution is 7.89. The van der Waals surface area contributed by atoms with Crippen molar-refractivity contribution < 1.29 is 26.5 Å². The normalized spacial score (nSPS) is 18.6. The number of sulfonamides is 1. The molecule has 5 rings (SSSR count). The Morgan fingerprint density at radius 1 is 1.12 bits per heavy atom. The molecule has 1 amide bonds. The molecule has 4 heterocycles. The van der Waals surface area contributed by atoms with E-state index in [1.807, 2.05) is 0 Å². The number of hydrogen-bond acceptors (Lipinski definition) is 6. The zero-order chi connectivity index (χ0) is 23.4. The molecule has 3 aromatic rings. The Morgan fingerprint density at radius 2 is 1.82 bits per heavy atom. The molecule has 0 radical (unpaired) electrons. The van der Waals surface area contributed by atoms with E-state index in [0.717, 1.165) is 12.1 Å². The summed E-state index contributed by atoms with van der Waals surface area (Å²) in [6, 6.07) is 5.74. The zero-order valence-corrected chi connectivity index (χ0v) is 18.6. The van der Waals surface area contributed by atoms with Gasteiger partial charge >= 0.3 is 0 Å². The first-order valence-corrected chi connectivity index (χ1v) is 11.9. The van der Waals surface area contributed by atoms with Crippen molar-refractivity contribution in [2.24, 2.45) is 0 Å². The number of piperidine rings is 1. The lowest BCUT2D eigenvalue weighted by molar-refractivity contribution is -0.122.